The van der Waals surface area contributed by atoms with E-state index in [0.29, 0.717) is 5.13 Å². The molecule has 2 N–H and O–H groups in total. The van der Waals surface area contributed by atoms with Crippen LogP contribution < -0.4 is 10.0 Å². The number of hydrogen-bond acceptors (Lipinski definition) is 5. The molecule has 1 aliphatic carbocycles. The van der Waals surface area contributed by atoms with Crippen molar-refractivity contribution in [2.75, 3.05) is 10.0 Å². The van der Waals surface area contributed by atoms with E-state index < -0.39 is 15.9 Å². The van der Waals surface area contributed by atoms with Gasteiger partial charge in [-0.25, -0.2) is 13.4 Å². The lowest BCUT2D eigenvalue weighted by atomic mass is 10.0. The highest BCUT2D eigenvalue weighted by Crippen LogP contribution is 2.50. The normalized spacial score (nSPS) is 11.9. The van der Waals surface area contributed by atoms with Gasteiger partial charge in [-0.2, -0.15) is 0 Å². The minimum atomic E-state index is -3.86. The predicted molar refractivity (Wildman–Crippen MR) is 140 cm³/mol. The first kappa shape index (κ1) is 21.5. The second kappa shape index (κ2) is 8.04. The van der Waals surface area contributed by atoms with Crippen LogP contribution in [0.2, 0.25) is 0 Å². The summed E-state index contributed by atoms with van der Waals surface area (Å²) in [6.45, 7) is 1.89. The van der Waals surface area contributed by atoms with Crippen molar-refractivity contribution >= 4 is 48.9 Å². The fourth-order valence-corrected chi connectivity index (χ4v) is 6.41. The number of aryl methyl sites for hydroxylation is 1. The molecule has 6 nitrogen and oxygen atoms in total. The molecule has 8 heteroatoms. The number of thiazole rings is 1. The van der Waals surface area contributed by atoms with Crippen molar-refractivity contribution < 1.29 is 13.2 Å². The van der Waals surface area contributed by atoms with Crippen LogP contribution >= 0.6 is 11.3 Å². The fraction of sp³-hybridized carbons (Fsp3) is 0.0370. The van der Waals surface area contributed by atoms with Crippen LogP contribution in [0.3, 0.4) is 0 Å². The van der Waals surface area contributed by atoms with E-state index in [2.05, 4.69) is 28.2 Å². The minimum Gasteiger partial charge on any atom is -0.298 e. The Labute approximate surface area is 206 Å². The van der Waals surface area contributed by atoms with Crippen LogP contribution in [0.25, 0.3) is 32.5 Å². The number of nitrogens with one attached hydrogen (secondary N) is 2. The molecule has 1 aromatic heterocycles. The van der Waals surface area contributed by atoms with Crippen molar-refractivity contribution in [1.29, 1.82) is 0 Å². The molecule has 0 bridgehead atoms. The summed E-state index contributed by atoms with van der Waals surface area (Å²) in [7, 11) is -3.86. The van der Waals surface area contributed by atoms with Gasteiger partial charge in [-0.15, -0.1) is 0 Å². The molecule has 172 valence electrons. The highest BCUT2D eigenvalue weighted by molar-refractivity contribution is 7.92. The lowest BCUT2D eigenvalue weighted by molar-refractivity contribution is 0.102. The van der Waals surface area contributed by atoms with Crippen molar-refractivity contribution in [2.24, 2.45) is 0 Å². The summed E-state index contributed by atoms with van der Waals surface area (Å²) in [6, 6.07) is 25.3. The maximum Gasteiger partial charge on any atom is 0.261 e. The number of fused-ring (bicyclic) bond motifs is 3. The van der Waals surface area contributed by atoms with Gasteiger partial charge in [0.05, 0.1) is 26.7 Å². The van der Waals surface area contributed by atoms with Crippen LogP contribution in [0.15, 0.2) is 89.8 Å². The molecule has 1 heterocycles. The Hall–Kier alpha value is -4.01. The molecule has 35 heavy (non-hydrogen) atoms. The molecule has 4 aromatic carbocycles. The second-order valence-corrected chi connectivity index (χ2v) is 11.0. The van der Waals surface area contributed by atoms with E-state index in [1.807, 2.05) is 25.1 Å². The highest BCUT2D eigenvalue weighted by Gasteiger charge is 2.26. The van der Waals surface area contributed by atoms with Crippen molar-refractivity contribution in [1.82, 2.24) is 4.98 Å². The average Bonchev–Trinajstić information content (AvgIpc) is 3.39. The number of amides is 1. The van der Waals surface area contributed by atoms with Crippen LogP contribution in [0.5, 0.6) is 0 Å². The van der Waals surface area contributed by atoms with Gasteiger partial charge < -0.3 is 0 Å². The SMILES string of the molecule is Cc1ccc(S(=O)(=O)Nc2ccccc2C(=O)Nc2nc3c(s2)-c2cccc4cccc-3c24)cc1. The first-order valence-corrected chi connectivity index (χ1v) is 13.2. The molecule has 0 spiro atoms. The van der Waals surface area contributed by atoms with E-state index in [0.717, 1.165) is 32.6 Å². The summed E-state index contributed by atoms with van der Waals surface area (Å²) in [4.78, 5) is 19.0. The first-order valence-electron chi connectivity index (χ1n) is 10.9. The van der Waals surface area contributed by atoms with E-state index in [1.54, 1.807) is 36.4 Å². The molecule has 0 saturated heterocycles. The predicted octanol–water partition coefficient (Wildman–Crippen LogP) is 6.31. The maximum atomic E-state index is 13.2. The van der Waals surface area contributed by atoms with Gasteiger partial charge in [0.1, 0.15) is 0 Å². The monoisotopic (exact) mass is 497 g/mol. The molecular weight excluding hydrogens is 478 g/mol. The summed E-state index contributed by atoms with van der Waals surface area (Å²) < 4.78 is 28.3. The number of carbonyl (C=O) groups excluding carboxylic acids is 1. The van der Waals surface area contributed by atoms with E-state index in [-0.39, 0.29) is 16.1 Å². The van der Waals surface area contributed by atoms with Gasteiger partial charge in [0.25, 0.3) is 15.9 Å². The van der Waals surface area contributed by atoms with Gasteiger partial charge in [-0.3, -0.25) is 14.8 Å². The van der Waals surface area contributed by atoms with Crippen LogP contribution in [-0.4, -0.2) is 19.3 Å². The molecule has 0 saturated carbocycles. The van der Waals surface area contributed by atoms with Gasteiger partial charge in [-0.05, 0) is 42.0 Å². The first-order chi connectivity index (χ1) is 16.9. The number of benzene rings is 4. The van der Waals surface area contributed by atoms with E-state index in [9.17, 15) is 13.2 Å². The summed E-state index contributed by atoms with van der Waals surface area (Å²) >= 11 is 1.41. The van der Waals surface area contributed by atoms with Crippen molar-refractivity contribution in [3.63, 3.8) is 0 Å². The minimum absolute atomic E-state index is 0.127. The van der Waals surface area contributed by atoms with Gasteiger partial charge in [-0.1, -0.05) is 77.6 Å². The van der Waals surface area contributed by atoms with E-state index >= 15 is 0 Å². The number of nitrogens with zero attached hydrogens (tertiary/aromatic N) is 1. The van der Waals surface area contributed by atoms with Crippen LogP contribution in [0.1, 0.15) is 15.9 Å². The zero-order valence-corrected chi connectivity index (χ0v) is 20.2. The number of rotatable bonds is 5. The van der Waals surface area contributed by atoms with Crippen LogP contribution in [0, 0.1) is 6.92 Å². The number of carbonyl (C=O) groups is 1. The van der Waals surface area contributed by atoms with Gasteiger partial charge in [0.15, 0.2) is 5.13 Å². The molecule has 1 aliphatic rings. The Kier molecular flexibility index (Phi) is 4.94. The summed E-state index contributed by atoms with van der Waals surface area (Å²) in [5, 5.41) is 5.65. The quantitative estimate of drug-likeness (QED) is 0.292. The Morgan fingerprint density at radius 3 is 2.34 bits per heavy atom. The largest absolute Gasteiger partial charge is 0.298 e. The van der Waals surface area contributed by atoms with Crippen LogP contribution in [0.4, 0.5) is 10.8 Å². The smallest absolute Gasteiger partial charge is 0.261 e. The van der Waals surface area contributed by atoms with E-state index in [1.165, 1.54) is 28.9 Å². The summed E-state index contributed by atoms with van der Waals surface area (Å²) in [5.41, 5.74) is 4.38. The highest BCUT2D eigenvalue weighted by atomic mass is 32.2. The third kappa shape index (κ3) is 3.67. The summed E-state index contributed by atoms with van der Waals surface area (Å²) in [5.74, 6) is -0.439. The fourth-order valence-electron chi connectivity index (χ4n) is 4.32. The van der Waals surface area contributed by atoms with Crippen molar-refractivity contribution in [3.8, 4) is 21.7 Å². The molecule has 0 radical (unpaired) electrons. The molecule has 5 aromatic rings. The maximum absolute atomic E-state index is 13.2. The zero-order valence-electron chi connectivity index (χ0n) is 18.6. The molecular formula is C27H19N3O3S2. The molecule has 0 fully saturated rings. The topological polar surface area (TPSA) is 88.2 Å². The Morgan fingerprint density at radius 1 is 0.857 bits per heavy atom. The molecule has 0 unspecified atom stereocenters. The van der Waals surface area contributed by atoms with Gasteiger partial charge in [0, 0.05) is 11.1 Å². The molecule has 0 aliphatic heterocycles. The van der Waals surface area contributed by atoms with Crippen LogP contribution in [-0.2, 0) is 10.0 Å². The Morgan fingerprint density at radius 2 is 1.57 bits per heavy atom. The number of para-hydroxylation sites is 1. The molecule has 1 amide bonds. The Bertz CT molecular complexity index is 1680. The number of anilines is 2. The lowest BCUT2D eigenvalue weighted by Gasteiger charge is -2.12. The molecule has 0 atom stereocenters. The number of hydrogen-bond donors (Lipinski definition) is 2. The lowest BCUT2D eigenvalue weighted by Crippen LogP contribution is -2.18. The Balaban J connectivity index is 1.29. The standard InChI is InChI=1S/C27H19N3O3S2/c1-16-12-14-18(15-13-16)35(32,33)30-22-11-3-2-8-19(22)26(31)29-27-28-24-20-9-4-6-17-7-5-10-21(23(17)20)25(24)34-27/h2-15,30H,1H3,(H,28,29,31). The number of sulfonamides is 1. The van der Waals surface area contributed by atoms with Crippen molar-refractivity contribution in [2.45, 2.75) is 11.8 Å². The third-order valence-corrected chi connectivity index (χ3v) is 8.38. The van der Waals surface area contributed by atoms with Gasteiger partial charge in [0.2, 0.25) is 0 Å². The molecule has 6 rings (SSSR count). The van der Waals surface area contributed by atoms with Crippen molar-refractivity contribution in [3.05, 3.63) is 96.1 Å². The number of aromatic nitrogens is 1. The second-order valence-electron chi connectivity index (χ2n) is 8.32. The third-order valence-electron chi connectivity index (χ3n) is 6.00. The summed E-state index contributed by atoms with van der Waals surface area (Å²) in [6.07, 6.45) is 0. The average molecular weight is 498 g/mol. The zero-order chi connectivity index (χ0) is 24.2. The van der Waals surface area contributed by atoms with Gasteiger partial charge >= 0.3 is 0 Å². The van der Waals surface area contributed by atoms with E-state index in [4.69, 9.17) is 4.98 Å².